The lowest BCUT2D eigenvalue weighted by atomic mass is 9.81. The fraction of sp³-hybridized carbons (Fsp3) is 0.474. The highest BCUT2D eigenvalue weighted by Crippen LogP contribution is 2.38. The van der Waals surface area contributed by atoms with Gasteiger partial charge < -0.3 is 10.1 Å². The van der Waals surface area contributed by atoms with Crippen molar-refractivity contribution in [3.8, 4) is 0 Å². The Morgan fingerprint density at radius 2 is 1.85 bits per heavy atom. The van der Waals surface area contributed by atoms with Gasteiger partial charge in [-0.1, -0.05) is 30.5 Å². The highest BCUT2D eigenvalue weighted by molar-refractivity contribution is 6.30. The van der Waals surface area contributed by atoms with Crippen LogP contribution in [0.15, 0.2) is 24.3 Å². The van der Waals surface area contributed by atoms with Crippen molar-refractivity contribution in [2.24, 2.45) is 11.8 Å². The summed E-state index contributed by atoms with van der Waals surface area (Å²) in [4.78, 5) is 50.2. The number of amides is 3. The van der Waals surface area contributed by atoms with E-state index in [2.05, 4.69) is 5.32 Å². The lowest BCUT2D eigenvalue weighted by Crippen LogP contribution is -2.45. The zero-order valence-corrected chi connectivity index (χ0v) is 15.7. The number of hydrogen-bond acceptors (Lipinski definition) is 5. The van der Waals surface area contributed by atoms with Gasteiger partial charge in [0.15, 0.2) is 6.61 Å². The number of carbonyl (C=O) groups is 4. The molecule has 0 unspecified atom stereocenters. The summed E-state index contributed by atoms with van der Waals surface area (Å²) in [5.41, 5.74) is 0.477. The first-order valence-corrected chi connectivity index (χ1v) is 9.35. The molecule has 144 valence electrons. The van der Waals surface area contributed by atoms with Crippen LogP contribution in [0.3, 0.4) is 0 Å². The molecule has 1 heterocycles. The molecule has 27 heavy (non-hydrogen) atoms. The van der Waals surface area contributed by atoms with E-state index < -0.39 is 24.5 Å². The minimum Gasteiger partial charge on any atom is -0.454 e. The summed E-state index contributed by atoms with van der Waals surface area (Å²) in [5.74, 6) is -2.59. The van der Waals surface area contributed by atoms with Gasteiger partial charge in [0.05, 0.1) is 11.8 Å². The van der Waals surface area contributed by atoms with Crippen LogP contribution in [0.4, 0.5) is 5.69 Å². The Balaban J connectivity index is 1.55. The number of nitrogens with zero attached hydrogens (tertiary/aromatic N) is 1. The third kappa shape index (κ3) is 4.13. The van der Waals surface area contributed by atoms with E-state index >= 15 is 0 Å². The van der Waals surface area contributed by atoms with Crippen LogP contribution in [-0.4, -0.2) is 41.2 Å². The zero-order chi connectivity index (χ0) is 19.6. The van der Waals surface area contributed by atoms with Crippen molar-refractivity contribution in [3.63, 3.8) is 0 Å². The number of esters is 1. The highest BCUT2D eigenvalue weighted by atomic mass is 35.5. The first-order chi connectivity index (χ1) is 12.9. The lowest BCUT2D eigenvalue weighted by Gasteiger charge is -2.21. The number of benzene rings is 1. The Bertz CT molecular complexity index is 757. The van der Waals surface area contributed by atoms with Crippen LogP contribution in [0.25, 0.3) is 0 Å². The van der Waals surface area contributed by atoms with Gasteiger partial charge in [-0.3, -0.25) is 19.3 Å². The Kier molecular flexibility index (Phi) is 5.79. The molecule has 3 rings (SSSR count). The van der Waals surface area contributed by atoms with Crippen LogP contribution in [0.5, 0.6) is 0 Å². The molecule has 7 nitrogen and oxygen atoms in total. The first kappa shape index (κ1) is 19.4. The van der Waals surface area contributed by atoms with E-state index in [4.69, 9.17) is 16.3 Å². The topological polar surface area (TPSA) is 92.8 Å². The molecule has 0 spiro atoms. The summed E-state index contributed by atoms with van der Waals surface area (Å²) >= 11 is 5.84. The first-order valence-electron chi connectivity index (χ1n) is 8.97. The quantitative estimate of drug-likeness (QED) is 0.613. The van der Waals surface area contributed by atoms with Crippen molar-refractivity contribution in [2.75, 3.05) is 11.9 Å². The number of rotatable bonds is 5. The average Bonchev–Trinajstić information content (AvgIpc) is 2.90. The summed E-state index contributed by atoms with van der Waals surface area (Å²) in [5, 5.41) is 3.02. The zero-order valence-electron chi connectivity index (χ0n) is 14.9. The summed E-state index contributed by atoms with van der Waals surface area (Å²) in [6.07, 6.45) is 3.18. The molecule has 1 saturated heterocycles. The molecule has 0 aromatic heterocycles. The van der Waals surface area contributed by atoms with Gasteiger partial charge in [-0.2, -0.15) is 0 Å². The van der Waals surface area contributed by atoms with Crippen LogP contribution in [-0.2, 0) is 23.9 Å². The Morgan fingerprint density at radius 3 is 2.44 bits per heavy atom. The number of nitrogens with one attached hydrogen (secondary N) is 1. The summed E-state index contributed by atoms with van der Waals surface area (Å²) in [6.45, 7) is 0.934. The fourth-order valence-electron chi connectivity index (χ4n) is 3.70. The van der Waals surface area contributed by atoms with Gasteiger partial charge in [0.25, 0.3) is 5.91 Å². The van der Waals surface area contributed by atoms with E-state index in [1.807, 2.05) is 0 Å². The van der Waals surface area contributed by atoms with E-state index in [0.717, 1.165) is 17.7 Å². The summed E-state index contributed by atoms with van der Waals surface area (Å²) < 4.78 is 5.00. The maximum absolute atomic E-state index is 12.5. The van der Waals surface area contributed by atoms with Crippen LogP contribution in [0, 0.1) is 11.8 Å². The van der Waals surface area contributed by atoms with Crippen LogP contribution in [0.2, 0.25) is 5.02 Å². The molecule has 0 radical (unpaired) electrons. The van der Waals surface area contributed by atoms with Gasteiger partial charge in [-0.15, -0.1) is 0 Å². The number of carbonyl (C=O) groups excluding carboxylic acids is 4. The van der Waals surface area contributed by atoms with Gasteiger partial charge in [0.2, 0.25) is 11.8 Å². The van der Waals surface area contributed by atoms with Gasteiger partial charge in [-0.25, -0.2) is 4.79 Å². The monoisotopic (exact) mass is 392 g/mol. The minimum atomic E-state index is -1.05. The number of imide groups is 1. The van der Waals surface area contributed by atoms with E-state index in [-0.39, 0.29) is 23.7 Å². The van der Waals surface area contributed by atoms with Crippen molar-refractivity contribution >= 4 is 41.0 Å². The molecular weight excluding hydrogens is 372 g/mol. The number of anilines is 1. The molecule has 1 N–H and O–H groups in total. The second-order valence-electron chi connectivity index (χ2n) is 6.89. The van der Waals surface area contributed by atoms with E-state index in [0.29, 0.717) is 23.6 Å². The summed E-state index contributed by atoms with van der Waals surface area (Å²) in [7, 11) is 0. The Hall–Kier alpha value is -2.41. The number of likely N-dealkylation sites (tertiary alicyclic amines) is 1. The number of fused-ring (bicyclic) bond motifs is 1. The largest absolute Gasteiger partial charge is 0.454 e. The van der Waals surface area contributed by atoms with Crippen LogP contribution in [0.1, 0.15) is 32.6 Å². The molecule has 2 fully saturated rings. The standard InChI is InChI=1S/C19H21ClN2O5/c1-11(22-17(24)14-7-2-3-8-15(14)18(22)25)19(26)27-10-16(23)21-13-6-4-5-12(20)9-13/h4-6,9,11,14-15H,2-3,7-8,10H2,1H3,(H,21,23)/t11-,14+,15+/m0/s1. The predicted octanol–water partition coefficient (Wildman–Crippen LogP) is 2.39. The molecule has 1 saturated carbocycles. The van der Waals surface area contributed by atoms with Crippen molar-refractivity contribution in [2.45, 2.75) is 38.6 Å². The van der Waals surface area contributed by atoms with E-state index in [1.54, 1.807) is 24.3 Å². The van der Waals surface area contributed by atoms with Crippen molar-refractivity contribution in [1.82, 2.24) is 4.90 Å². The third-order valence-electron chi connectivity index (χ3n) is 5.06. The fourth-order valence-corrected chi connectivity index (χ4v) is 3.89. The molecule has 1 aliphatic carbocycles. The Labute approximate surface area is 162 Å². The number of ether oxygens (including phenoxy) is 1. The molecule has 1 aromatic carbocycles. The second kappa shape index (κ2) is 8.08. The van der Waals surface area contributed by atoms with Gasteiger partial charge in [-0.05, 0) is 38.0 Å². The van der Waals surface area contributed by atoms with E-state index in [1.165, 1.54) is 6.92 Å². The SMILES string of the molecule is C[C@@H](C(=O)OCC(=O)Nc1cccc(Cl)c1)N1C(=O)[C@@H]2CCCC[C@H]2C1=O. The van der Waals surface area contributed by atoms with Crippen molar-refractivity contribution in [3.05, 3.63) is 29.3 Å². The van der Waals surface area contributed by atoms with Crippen LogP contribution < -0.4 is 5.32 Å². The molecule has 1 aliphatic heterocycles. The Morgan fingerprint density at radius 1 is 1.22 bits per heavy atom. The second-order valence-corrected chi connectivity index (χ2v) is 7.32. The van der Waals surface area contributed by atoms with Crippen molar-refractivity contribution in [1.29, 1.82) is 0 Å². The molecule has 3 amide bonds. The molecule has 8 heteroatoms. The van der Waals surface area contributed by atoms with Gasteiger partial charge in [0, 0.05) is 10.7 Å². The van der Waals surface area contributed by atoms with Gasteiger partial charge >= 0.3 is 5.97 Å². The lowest BCUT2D eigenvalue weighted by molar-refractivity contribution is -0.159. The molecule has 1 aromatic rings. The van der Waals surface area contributed by atoms with E-state index in [9.17, 15) is 19.2 Å². The molecular formula is C19H21ClN2O5. The summed E-state index contributed by atoms with van der Waals surface area (Å²) in [6, 6.07) is 5.51. The highest BCUT2D eigenvalue weighted by Gasteiger charge is 2.51. The number of halogens is 1. The maximum atomic E-state index is 12.5. The van der Waals surface area contributed by atoms with Gasteiger partial charge in [0.1, 0.15) is 6.04 Å². The smallest absolute Gasteiger partial charge is 0.329 e. The van der Waals surface area contributed by atoms with Crippen LogP contribution >= 0.6 is 11.6 Å². The normalized spacial score (nSPS) is 23.0. The predicted molar refractivity (Wildman–Crippen MR) is 97.8 cm³/mol. The molecule has 2 aliphatic rings. The third-order valence-corrected chi connectivity index (χ3v) is 5.29. The molecule has 0 bridgehead atoms. The number of hydrogen-bond donors (Lipinski definition) is 1. The van der Waals surface area contributed by atoms with Crippen molar-refractivity contribution < 1.29 is 23.9 Å². The average molecular weight is 393 g/mol. The molecule has 3 atom stereocenters. The minimum absolute atomic E-state index is 0.308. The maximum Gasteiger partial charge on any atom is 0.329 e.